The van der Waals surface area contributed by atoms with Gasteiger partial charge in [-0.3, -0.25) is 9.29 Å². The van der Waals surface area contributed by atoms with E-state index in [0.29, 0.717) is 5.69 Å². The van der Waals surface area contributed by atoms with Gasteiger partial charge in [0.1, 0.15) is 10.0 Å². The third kappa shape index (κ3) is 3.47. The van der Waals surface area contributed by atoms with E-state index in [9.17, 15) is 12.8 Å². The van der Waals surface area contributed by atoms with Gasteiger partial charge in [0.2, 0.25) is 0 Å². The number of halogens is 1. The lowest BCUT2D eigenvalue weighted by atomic mass is 10.2. The number of aromatic nitrogens is 1. The molecule has 3 aromatic rings. The fourth-order valence-electron chi connectivity index (χ4n) is 2.24. The van der Waals surface area contributed by atoms with Gasteiger partial charge in [0.25, 0.3) is 10.0 Å². The first-order valence-corrected chi connectivity index (χ1v) is 9.46. The van der Waals surface area contributed by atoms with Crippen molar-refractivity contribution in [1.82, 2.24) is 4.98 Å². The minimum Gasteiger partial charge on any atom is -0.264 e. The van der Waals surface area contributed by atoms with Crippen molar-refractivity contribution < 1.29 is 12.8 Å². The molecule has 0 aliphatic heterocycles. The monoisotopic (exact) mass is 362 g/mol. The molecule has 0 atom stereocenters. The number of rotatable bonds is 5. The van der Waals surface area contributed by atoms with E-state index in [1.54, 1.807) is 36.7 Å². The van der Waals surface area contributed by atoms with Crippen molar-refractivity contribution in [2.45, 2.75) is 17.7 Å². The number of hydrogen-bond donors (Lipinski definition) is 0. The lowest BCUT2D eigenvalue weighted by molar-refractivity contribution is 0.592. The Balaban J connectivity index is 2.06. The Labute approximate surface area is 144 Å². The molecule has 0 aliphatic carbocycles. The highest BCUT2D eigenvalue weighted by Crippen LogP contribution is 2.30. The van der Waals surface area contributed by atoms with Crippen LogP contribution in [0.1, 0.15) is 10.4 Å². The van der Waals surface area contributed by atoms with Gasteiger partial charge >= 0.3 is 0 Å². The minimum absolute atomic E-state index is 0.124. The van der Waals surface area contributed by atoms with Crippen molar-refractivity contribution in [1.29, 1.82) is 0 Å². The minimum atomic E-state index is -3.74. The van der Waals surface area contributed by atoms with E-state index < -0.39 is 15.8 Å². The zero-order valence-electron chi connectivity index (χ0n) is 12.9. The molecule has 2 heterocycles. The summed E-state index contributed by atoms with van der Waals surface area (Å²) in [5.74, 6) is -0.413. The van der Waals surface area contributed by atoms with Gasteiger partial charge in [-0.05, 0) is 55.0 Å². The molecule has 0 saturated heterocycles. The van der Waals surface area contributed by atoms with Crippen LogP contribution >= 0.6 is 11.3 Å². The molecule has 1 aromatic carbocycles. The molecule has 0 spiro atoms. The van der Waals surface area contributed by atoms with E-state index in [1.807, 2.05) is 6.92 Å². The number of thiophene rings is 1. The molecular weight excluding hydrogens is 347 g/mol. The first-order chi connectivity index (χ1) is 11.5. The summed E-state index contributed by atoms with van der Waals surface area (Å²) in [5.41, 5.74) is 1.16. The maximum atomic E-state index is 13.2. The third-order valence-electron chi connectivity index (χ3n) is 3.42. The Morgan fingerprint density at radius 1 is 1.12 bits per heavy atom. The average molecular weight is 362 g/mol. The predicted octanol–water partition coefficient (Wildman–Crippen LogP) is 3.99. The highest BCUT2D eigenvalue weighted by Gasteiger charge is 2.26. The van der Waals surface area contributed by atoms with Crippen LogP contribution in [0.25, 0.3) is 0 Å². The van der Waals surface area contributed by atoms with Gasteiger partial charge < -0.3 is 0 Å². The molecule has 24 heavy (non-hydrogen) atoms. The van der Waals surface area contributed by atoms with Crippen molar-refractivity contribution in [3.63, 3.8) is 0 Å². The third-order valence-corrected chi connectivity index (χ3v) is 6.67. The van der Waals surface area contributed by atoms with Crippen LogP contribution in [0.15, 0.2) is 65.1 Å². The molecule has 0 unspecified atom stereocenters. The average Bonchev–Trinajstić information content (AvgIpc) is 3.02. The Hall–Kier alpha value is -2.25. The Kier molecular flexibility index (Phi) is 4.64. The molecule has 124 valence electrons. The van der Waals surface area contributed by atoms with Crippen molar-refractivity contribution in [2.24, 2.45) is 0 Å². The molecule has 0 radical (unpaired) electrons. The van der Waals surface area contributed by atoms with Gasteiger partial charge in [0.05, 0.1) is 12.2 Å². The topological polar surface area (TPSA) is 50.3 Å². The standard InChI is InChI=1S/C17H15FN2O2S2/c1-13-4-9-17(23-13)24(21,22)20(12-14-3-2-10-19-11-14)16-7-5-15(18)6-8-16/h2-11H,12H2,1H3. The summed E-state index contributed by atoms with van der Waals surface area (Å²) in [4.78, 5) is 4.94. The number of hydrogen-bond acceptors (Lipinski definition) is 4. The molecular formula is C17H15FN2O2S2. The zero-order valence-corrected chi connectivity index (χ0v) is 14.5. The summed E-state index contributed by atoms with van der Waals surface area (Å²) in [6.45, 7) is 1.98. The van der Waals surface area contributed by atoms with E-state index in [2.05, 4.69) is 4.98 Å². The number of aryl methyl sites for hydroxylation is 1. The lowest BCUT2D eigenvalue weighted by Crippen LogP contribution is -2.30. The molecule has 2 aromatic heterocycles. The normalized spacial score (nSPS) is 11.4. The van der Waals surface area contributed by atoms with Gasteiger partial charge in [-0.2, -0.15) is 0 Å². The van der Waals surface area contributed by atoms with Crippen molar-refractivity contribution in [3.8, 4) is 0 Å². The Morgan fingerprint density at radius 2 is 1.88 bits per heavy atom. The largest absolute Gasteiger partial charge is 0.274 e. The van der Waals surface area contributed by atoms with E-state index in [1.165, 1.54) is 39.9 Å². The van der Waals surface area contributed by atoms with E-state index in [4.69, 9.17) is 0 Å². The summed E-state index contributed by atoms with van der Waals surface area (Å²) in [5, 5.41) is 0. The lowest BCUT2D eigenvalue weighted by Gasteiger charge is -2.23. The molecule has 0 N–H and O–H groups in total. The van der Waals surface area contributed by atoms with Crippen LogP contribution in [0.3, 0.4) is 0 Å². The van der Waals surface area contributed by atoms with Crippen molar-refractivity contribution >= 4 is 27.0 Å². The van der Waals surface area contributed by atoms with Crippen molar-refractivity contribution in [3.05, 3.63) is 77.2 Å². The number of anilines is 1. The summed E-state index contributed by atoms with van der Waals surface area (Å²) < 4.78 is 40.9. The maximum Gasteiger partial charge on any atom is 0.274 e. The first-order valence-electron chi connectivity index (χ1n) is 7.20. The fraction of sp³-hybridized carbons (Fsp3) is 0.118. The molecule has 0 amide bonds. The number of benzene rings is 1. The number of nitrogens with zero attached hydrogens (tertiary/aromatic N) is 2. The molecule has 3 rings (SSSR count). The van der Waals surface area contributed by atoms with Crippen LogP contribution in [0.4, 0.5) is 10.1 Å². The van der Waals surface area contributed by atoms with Gasteiger partial charge in [-0.1, -0.05) is 6.07 Å². The summed E-state index contributed by atoms with van der Waals surface area (Å²) in [6, 6.07) is 12.3. The quantitative estimate of drug-likeness (QED) is 0.690. The first kappa shape index (κ1) is 16.6. The highest BCUT2D eigenvalue weighted by atomic mass is 32.2. The van der Waals surface area contributed by atoms with Crippen LogP contribution in [0.2, 0.25) is 0 Å². The second-order valence-corrected chi connectivity index (χ2v) is 8.59. The Morgan fingerprint density at radius 3 is 2.46 bits per heavy atom. The van der Waals surface area contributed by atoms with Crippen molar-refractivity contribution in [2.75, 3.05) is 4.31 Å². The fourth-order valence-corrected chi connectivity index (χ4v) is 5.09. The second-order valence-electron chi connectivity index (χ2n) is 5.21. The molecule has 0 aliphatic rings. The smallest absolute Gasteiger partial charge is 0.264 e. The molecule has 0 saturated carbocycles. The van der Waals surface area contributed by atoms with Gasteiger partial charge in [0, 0.05) is 17.3 Å². The predicted molar refractivity (Wildman–Crippen MR) is 93.1 cm³/mol. The molecule has 7 heteroatoms. The molecule has 4 nitrogen and oxygen atoms in total. The second kappa shape index (κ2) is 6.70. The van der Waals surface area contributed by atoms with E-state index >= 15 is 0 Å². The summed E-state index contributed by atoms with van der Waals surface area (Å²) in [7, 11) is -3.74. The van der Waals surface area contributed by atoms with Crippen LogP contribution in [-0.2, 0) is 16.6 Å². The zero-order chi connectivity index (χ0) is 17.2. The van der Waals surface area contributed by atoms with Gasteiger partial charge in [-0.25, -0.2) is 12.8 Å². The summed E-state index contributed by atoms with van der Waals surface area (Å²) >= 11 is 1.21. The maximum absolute atomic E-state index is 13.2. The van der Waals surface area contributed by atoms with Crippen LogP contribution in [0.5, 0.6) is 0 Å². The molecule has 0 bridgehead atoms. The number of pyridine rings is 1. The highest BCUT2D eigenvalue weighted by molar-refractivity contribution is 7.94. The summed E-state index contributed by atoms with van der Waals surface area (Å²) in [6.07, 6.45) is 3.24. The van der Waals surface area contributed by atoms with Crippen LogP contribution in [0, 0.1) is 12.7 Å². The van der Waals surface area contributed by atoms with Crippen LogP contribution in [-0.4, -0.2) is 13.4 Å². The van der Waals surface area contributed by atoms with Gasteiger partial charge in [0.15, 0.2) is 0 Å². The van der Waals surface area contributed by atoms with E-state index in [0.717, 1.165) is 10.4 Å². The van der Waals surface area contributed by atoms with Gasteiger partial charge in [-0.15, -0.1) is 11.3 Å². The van der Waals surface area contributed by atoms with E-state index in [-0.39, 0.29) is 10.8 Å². The number of sulfonamides is 1. The van der Waals surface area contributed by atoms with Crippen LogP contribution < -0.4 is 4.31 Å². The molecule has 0 fully saturated rings. The SMILES string of the molecule is Cc1ccc(S(=O)(=O)N(Cc2cccnc2)c2ccc(F)cc2)s1. The Bertz CT molecular complexity index is 923.